The van der Waals surface area contributed by atoms with Gasteiger partial charge < -0.3 is 14.6 Å². The molecule has 3 rings (SSSR count). The van der Waals surface area contributed by atoms with Gasteiger partial charge in [0.15, 0.2) is 5.43 Å². The number of hydrogen-bond acceptors (Lipinski definition) is 4. The summed E-state index contributed by atoms with van der Waals surface area (Å²) in [6.07, 6.45) is 5.05. The van der Waals surface area contributed by atoms with Gasteiger partial charge in [-0.25, -0.2) is 0 Å². The van der Waals surface area contributed by atoms with Crippen LogP contribution >= 0.6 is 0 Å². The smallest absolute Gasteiger partial charge is 0.261 e. The summed E-state index contributed by atoms with van der Waals surface area (Å²) < 4.78 is 6.90. The summed E-state index contributed by atoms with van der Waals surface area (Å²) >= 11 is 0. The first kappa shape index (κ1) is 17.6. The highest BCUT2D eigenvalue weighted by Crippen LogP contribution is 2.21. The van der Waals surface area contributed by atoms with Crippen molar-refractivity contribution >= 4 is 11.6 Å². The summed E-state index contributed by atoms with van der Waals surface area (Å²) in [4.78, 5) is 24.8. The molecule has 0 fully saturated rings. The zero-order valence-electron chi connectivity index (χ0n) is 14.7. The Labute approximate surface area is 150 Å². The van der Waals surface area contributed by atoms with E-state index in [9.17, 15) is 9.59 Å². The van der Waals surface area contributed by atoms with E-state index in [1.807, 2.05) is 29.7 Å². The van der Waals surface area contributed by atoms with Crippen molar-refractivity contribution in [1.29, 1.82) is 0 Å². The zero-order valence-corrected chi connectivity index (χ0v) is 14.7. The summed E-state index contributed by atoms with van der Waals surface area (Å²) in [6, 6.07) is 8.83. The number of ether oxygens (including phenoxy) is 1. The van der Waals surface area contributed by atoms with Gasteiger partial charge in [0.25, 0.3) is 5.91 Å². The first-order valence-electron chi connectivity index (χ1n) is 8.19. The molecule has 2 N–H and O–H groups in total. The quantitative estimate of drug-likeness (QED) is 0.713. The molecule has 2 aromatic heterocycles. The van der Waals surface area contributed by atoms with Gasteiger partial charge in [0.05, 0.1) is 12.8 Å². The van der Waals surface area contributed by atoms with Gasteiger partial charge in [-0.15, -0.1) is 0 Å². The van der Waals surface area contributed by atoms with E-state index in [1.165, 1.54) is 6.07 Å². The van der Waals surface area contributed by atoms with Crippen LogP contribution in [0, 0.1) is 6.92 Å². The lowest BCUT2D eigenvalue weighted by Gasteiger charge is -2.12. The minimum atomic E-state index is -0.439. The maximum absolute atomic E-state index is 12.6. The van der Waals surface area contributed by atoms with Gasteiger partial charge in [-0.2, -0.15) is 5.10 Å². The lowest BCUT2D eigenvalue weighted by atomic mass is 10.1. The SMILES string of the molecule is COCCn1cc(C(=O)Nc2cccc(-c3cn[nH]c3)c2)c(=O)cc1C. The van der Waals surface area contributed by atoms with Crippen LogP contribution in [0.1, 0.15) is 16.1 Å². The standard InChI is InChI=1S/C19H20N4O3/c1-13-8-18(24)17(12-23(13)6-7-26-2)19(25)22-16-5-3-4-14(9-16)15-10-20-21-11-15/h3-5,8-12H,6-7H2,1-2H3,(H,20,21)(H,22,25). The molecular weight excluding hydrogens is 332 g/mol. The van der Waals surface area contributed by atoms with Gasteiger partial charge in [-0.1, -0.05) is 12.1 Å². The van der Waals surface area contributed by atoms with Crippen molar-refractivity contribution in [3.8, 4) is 11.1 Å². The van der Waals surface area contributed by atoms with E-state index in [1.54, 1.807) is 31.8 Å². The number of benzene rings is 1. The second-order valence-electron chi connectivity index (χ2n) is 5.90. The number of aryl methyl sites for hydroxylation is 1. The molecule has 3 aromatic rings. The van der Waals surface area contributed by atoms with Crippen LogP contribution in [-0.4, -0.2) is 34.4 Å². The first-order chi connectivity index (χ1) is 12.6. The third-order valence-electron chi connectivity index (χ3n) is 4.08. The summed E-state index contributed by atoms with van der Waals surface area (Å²) in [5, 5.41) is 9.47. The number of carbonyl (C=O) groups is 1. The van der Waals surface area contributed by atoms with Crippen LogP contribution < -0.4 is 10.7 Å². The highest BCUT2D eigenvalue weighted by molar-refractivity contribution is 6.04. The minimum absolute atomic E-state index is 0.0976. The molecule has 0 aliphatic rings. The Bertz CT molecular complexity index is 961. The molecule has 0 bridgehead atoms. The molecule has 0 aliphatic heterocycles. The molecule has 1 amide bonds. The number of H-pyrrole nitrogens is 1. The van der Waals surface area contributed by atoms with E-state index < -0.39 is 5.91 Å². The molecule has 1 aromatic carbocycles. The van der Waals surface area contributed by atoms with Gasteiger partial charge in [0.1, 0.15) is 5.56 Å². The molecular formula is C19H20N4O3. The molecule has 0 saturated heterocycles. The highest BCUT2D eigenvalue weighted by atomic mass is 16.5. The number of pyridine rings is 1. The predicted octanol–water partition coefficient (Wildman–Crippen LogP) is 2.45. The van der Waals surface area contributed by atoms with Crippen molar-refractivity contribution < 1.29 is 9.53 Å². The molecule has 134 valence electrons. The second kappa shape index (κ2) is 7.79. The fourth-order valence-electron chi connectivity index (χ4n) is 2.66. The number of amides is 1. The third kappa shape index (κ3) is 3.89. The summed E-state index contributed by atoms with van der Waals surface area (Å²) in [5.74, 6) is -0.439. The number of methoxy groups -OCH3 is 1. The Morgan fingerprint density at radius 2 is 2.15 bits per heavy atom. The number of carbonyl (C=O) groups excluding carboxylic acids is 1. The second-order valence-corrected chi connectivity index (χ2v) is 5.90. The number of aromatic nitrogens is 3. The lowest BCUT2D eigenvalue weighted by Crippen LogP contribution is -2.24. The van der Waals surface area contributed by atoms with E-state index in [2.05, 4.69) is 15.5 Å². The average molecular weight is 352 g/mol. The Morgan fingerprint density at radius 1 is 1.31 bits per heavy atom. The number of anilines is 1. The Balaban J connectivity index is 1.84. The van der Waals surface area contributed by atoms with Crippen LogP contribution in [0.3, 0.4) is 0 Å². The minimum Gasteiger partial charge on any atom is -0.383 e. The molecule has 0 spiro atoms. The van der Waals surface area contributed by atoms with Gasteiger partial charge in [0.2, 0.25) is 0 Å². The molecule has 0 saturated carbocycles. The van der Waals surface area contributed by atoms with Crippen LogP contribution in [0.2, 0.25) is 0 Å². The fourth-order valence-corrected chi connectivity index (χ4v) is 2.66. The summed E-state index contributed by atoms with van der Waals surface area (Å²) in [5.41, 5.74) is 3.01. The van der Waals surface area contributed by atoms with Gasteiger partial charge in [-0.05, 0) is 24.6 Å². The molecule has 2 heterocycles. The number of nitrogens with one attached hydrogen (secondary N) is 2. The van der Waals surface area contributed by atoms with E-state index in [-0.39, 0.29) is 11.0 Å². The van der Waals surface area contributed by atoms with Crippen molar-refractivity contribution in [1.82, 2.24) is 14.8 Å². The number of rotatable bonds is 6. The van der Waals surface area contributed by atoms with E-state index in [0.717, 1.165) is 16.8 Å². The largest absolute Gasteiger partial charge is 0.383 e. The molecule has 7 heteroatoms. The van der Waals surface area contributed by atoms with Crippen molar-refractivity contribution in [2.45, 2.75) is 13.5 Å². The lowest BCUT2D eigenvalue weighted by molar-refractivity contribution is 0.102. The predicted molar refractivity (Wildman–Crippen MR) is 99.3 cm³/mol. The fraction of sp³-hybridized carbons (Fsp3) is 0.211. The normalized spacial score (nSPS) is 10.7. The summed E-state index contributed by atoms with van der Waals surface area (Å²) in [6.45, 7) is 2.89. The van der Waals surface area contributed by atoms with Crippen LogP contribution in [-0.2, 0) is 11.3 Å². The number of aromatic amines is 1. The van der Waals surface area contributed by atoms with Crippen molar-refractivity contribution in [3.63, 3.8) is 0 Å². The Hall–Kier alpha value is -3.19. The molecule has 0 radical (unpaired) electrons. The summed E-state index contributed by atoms with van der Waals surface area (Å²) in [7, 11) is 1.61. The average Bonchev–Trinajstić information content (AvgIpc) is 3.16. The van der Waals surface area contributed by atoms with E-state index in [4.69, 9.17) is 4.74 Å². The van der Waals surface area contributed by atoms with Crippen molar-refractivity contribution in [2.24, 2.45) is 0 Å². The third-order valence-corrected chi connectivity index (χ3v) is 4.08. The maximum Gasteiger partial charge on any atom is 0.261 e. The maximum atomic E-state index is 12.6. The zero-order chi connectivity index (χ0) is 18.5. The van der Waals surface area contributed by atoms with Crippen LogP contribution in [0.25, 0.3) is 11.1 Å². The number of hydrogen-bond donors (Lipinski definition) is 2. The van der Waals surface area contributed by atoms with Gasteiger partial charge in [-0.3, -0.25) is 14.7 Å². The molecule has 0 unspecified atom stereocenters. The number of nitrogens with zero attached hydrogens (tertiary/aromatic N) is 2. The highest BCUT2D eigenvalue weighted by Gasteiger charge is 2.13. The molecule has 0 atom stereocenters. The van der Waals surface area contributed by atoms with Crippen molar-refractivity contribution in [2.75, 3.05) is 19.0 Å². The van der Waals surface area contributed by atoms with Crippen molar-refractivity contribution in [3.05, 3.63) is 70.4 Å². The Kier molecular flexibility index (Phi) is 5.28. The van der Waals surface area contributed by atoms with E-state index >= 15 is 0 Å². The van der Waals surface area contributed by atoms with Gasteiger partial charge in [0, 0.05) is 49.1 Å². The first-order valence-corrected chi connectivity index (χ1v) is 8.19. The van der Waals surface area contributed by atoms with E-state index in [0.29, 0.717) is 18.8 Å². The van der Waals surface area contributed by atoms with Crippen LogP contribution in [0.15, 0.2) is 53.7 Å². The molecule has 7 nitrogen and oxygen atoms in total. The van der Waals surface area contributed by atoms with Crippen LogP contribution in [0.4, 0.5) is 5.69 Å². The molecule has 0 aliphatic carbocycles. The van der Waals surface area contributed by atoms with Gasteiger partial charge >= 0.3 is 0 Å². The topological polar surface area (TPSA) is 89.0 Å². The molecule has 26 heavy (non-hydrogen) atoms. The monoisotopic (exact) mass is 352 g/mol. The Morgan fingerprint density at radius 3 is 2.88 bits per heavy atom. The van der Waals surface area contributed by atoms with Crippen LogP contribution in [0.5, 0.6) is 0 Å².